The molecule has 0 fully saturated rings. The summed E-state index contributed by atoms with van der Waals surface area (Å²) in [5.74, 6) is -0.0731. The van der Waals surface area contributed by atoms with Crippen LogP contribution in [0.1, 0.15) is 25.0 Å². The Kier molecular flexibility index (Phi) is 7.75. The summed E-state index contributed by atoms with van der Waals surface area (Å²) in [6.45, 7) is 5.80. The lowest BCUT2D eigenvalue weighted by Crippen LogP contribution is -2.31. The van der Waals surface area contributed by atoms with E-state index in [0.29, 0.717) is 23.4 Å². The number of rotatable bonds is 9. The number of halogens is 1. The first-order valence-corrected chi connectivity index (χ1v) is 10.8. The molecule has 2 rings (SSSR count). The average Bonchev–Trinajstić information content (AvgIpc) is 2.67. The molecule has 0 radical (unpaired) electrons. The summed E-state index contributed by atoms with van der Waals surface area (Å²) in [5.41, 5.74) is 1.02. The van der Waals surface area contributed by atoms with Gasteiger partial charge in [-0.15, -0.1) is 0 Å². The number of amides is 1. The average molecular weight is 423 g/mol. The molecule has 158 valence electrons. The Morgan fingerprint density at radius 2 is 1.90 bits per heavy atom. The molecule has 8 heteroatoms. The lowest BCUT2D eigenvalue weighted by molar-refractivity contribution is -0.132. The number of likely N-dealkylation sites (N-methyl/N-ethyl adjacent to an activating group) is 1. The normalized spacial score (nSPS) is 11.5. The molecule has 2 aromatic carbocycles. The van der Waals surface area contributed by atoms with Gasteiger partial charge in [0.25, 0.3) is 5.91 Å². The fraction of sp³-hybridized carbons (Fsp3) is 0.381. The molecule has 0 aliphatic carbocycles. The first-order valence-electron chi connectivity index (χ1n) is 9.30. The van der Waals surface area contributed by atoms with Gasteiger partial charge in [-0.2, -0.15) is 0 Å². The highest BCUT2D eigenvalue weighted by Gasteiger charge is 2.17. The number of carbonyl (C=O) groups excluding carboxylic acids is 1. The maximum Gasteiger partial charge on any atom is 0.260 e. The summed E-state index contributed by atoms with van der Waals surface area (Å²) in [6, 6.07) is 10.8. The fourth-order valence-electron chi connectivity index (χ4n) is 2.53. The van der Waals surface area contributed by atoms with Crippen LogP contribution in [-0.4, -0.2) is 39.4 Å². The number of ether oxygens (including phenoxy) is 1. The molecule has 0 aromatic heterocycles. The molecule has 0 unspecified atom stereocenters. The topological polar surface area (TPSA) is 75.7 Å². The third-order valence-corrected chi connectivity index (χ3v) is 5.70. The SMILES string of the molecule is Cc1cc(S(=O)(=O)NCC(C)C)ccc1OCC(=O)N(C)Cc1ccccc1F. The molecule has 0 saturated carbocycles. The van der Waals surface area contributed by atoms with Crippen molar-refractivity contribution in [2.75, 3.05) is 20.2 Å². The van der Waals surface area contributed by atoms with E-state index >= 15 is 0 Å². The Morgan fingerprint density at radius 1 is 1.21 bits per heavy atom. The maximum absolute atomic E-state index is 13.7. The van der Waals surface area contributed by atoms with E-state index in [1.54, 1.807) is 32.2 Å². The van der Waals surface area contributed by atoms with E-state index in [1.165, 1.54) is 29.2 Å². The van der Waals surface area contributed by atoms with Crippen molar-refractivity contribution in [2.45, 2.75) is 32.2 Å². The van der Waals surface area contributed by atoms with Crippen LogP contribution >= 0.6 is 0 Å². The monoisotopic (exact) mass is 422 g/mol. The zero-order valence-electron chi connectivity index (χ0n) is 17.1. The van der Waals surface area contributed by atoms with E-state index < -0.39 is 10.0 Å². The number of hydrogen-bond donors (Lipinski definition) is 1. The standard InChI is InChI=1S/C21H27FN2O4S/c1-15(2)12-23-29(26,27)18-9-10-20(16(3)11-18)28-14-21(25)24(4)13-17-7-5-6-8-19(17)22/h5-11,15,23H,12-14H2,1-4H3. The first kappa shape index (κ1) is 22.8. The fourth-order valence-corrected chi connectivity index (χ4v) is 3.83. The minimum atomic E-state index is -3.59. The van der Waals surface area contributed by atoms with E-state index in [4.69, 9.17) is 4.74 Å². The number of benzene rings is 2. The maximum atomic E-state index is 13.7. The number of nitrogens with one attached hydrogen (secondary N) is 1. The van der Waals surface area contributed by atoms with Crippen molar-refractivity contribution in [2.24, 2.45) is 5.92 Å². The van der Waals surface area contributed by atoms with E-state index in [2.05, 4.69) is 4.72 Å². The van der Waals surface area contributed by atoms with Crippen LogP contribution in [0.5, 0.6) is 5.75 Å². The van der Waals surface area contributed by atoms with Gasteiger partial charge in [-0.25, -0.2) is 17.5 Å². The van der Waals surface area contributed by atoms with Gasteiger partial charge in [0, 0.05) is 25.7 Å². The quantitative estimate of drug-likeness (QED) is 0.674. The van der Waals surface area contributed by atoms with Gasteiger partial charge >= 0.3 is 0 Å². The predicted molar refractivity (Wildman–Crippen MR) is 110 cm³/mol. The Morgan fingerprint density at radius 3 is 2.52 bits per heavy atom. The Hall–Kier alpha value is -2.45. The van der Waals surface area contributed by atoms with Crippen molar-refractivity contribution in [3.8, 4) is 5.75 Å². The number of aryl methyl sites for hydroxylation is 1. The van der Waals surface area contributed by atoms with E-state index in [1.807, 2.05) is 13.8 Å². The number of sulfonamides is 1. The summed E-state index contributed by atoms with van der Waals surface area (Å²) in [6.07, 6.45) is 0. The Labute approximate surface area is 171 Å². The number of hydrogen-bond acceptors (Lipinski definition) is 4. The first-order chi connectivity index (χ1) is 13.6. The summed E-state index contributed by atoms with van der Waals surface area (Å²) in [7, 11) is -2.02. The van der Waals surface area contributed by atoms with Gasteiger partial charge < -0.3 is 9.64 Å². The second-order valence-electron chi connectivity index (χ2n) is 7.30. The Balaban J connectivity index is 1.98. The second-order valence-corrected chi connectivity index (χ2v) is 9.07. The molecule has 0 atom stereocenters. The smallest absolute Gasteiger partial charge is 0.260 e. The summed E-state index contributed by atoms with van der Waals surface area (Å²) < 4.78 is 46.5. The van der Waals surface area contributed by atoms with Gasteiger partial charge in [0.1, 0.15) is 11.6 Å². The van der Waals surface area contributed by atoms with Crippen LogP contribution in [0.4, 0.5) is 4.39 Å². The van der Waals surface area contributed by atoms with Crippen LogP contribution in [-0.2, 0) is 21.4 Å². The number of carbonyl (C=O) groups is 1. The number of nitrogens with zero attached hydrogens (tertiary/aromatic N) is 1. The molecule has 6 nitrogen and oxygen atoms in total. The molecule has 2 aromatic rings. The molecule has 29 heavy (non-hydrogen) atoms. The second kappa shape index (κ2) is 9.84. The van der Waals surface area contributed by atoms with Crippen molar-refractivity contribution in [3.05, 3.63) is 59.4 Å². The van der Waals surface area contributed by atoms with Gasteiger partial charge in [0.05, 0.1) is 4.90 Å². The predicted octanol–water partition coefficient (Wildman–Crippen LogP) is 3.11. The van der Waals surface area contributed by atoms with Crippen molar-refractivity contribution in [1.29, 1.82) is 0 Å². The molecule has 1 amide bonds. The Bertz CT molecular complexity index is 961. The minimum Gasteiger partial charge on any atom is -0.483 e. The van der Waals surface area contributed by atoms with Gasteiger partial charge in [-0.1, -0.05) is 32.0 Å². The summed E-state index contributed by atoms with van der Waals surface area (Å²) in [5, 5.41) is 0. The van der Waals surface area contributed by atoms with Crippen molar-refractivity contribution < 1.29 is 22.3 Å². The molecule has 0 saturated heterocycles. The lowest BCUT2D eigenvalue weighted by atomic mass is 10.2. The van der Waals surface area contributed by atoms with Crippen LogP contribution in [0.25, 0.3) is 0 Å². The molecule has 0 aliphatic rings. The molecular formula is C21H27FN2O4S. The highest BCUT2D eigenvalue weighted by atomic mass is 32.2. The molecule has 0 bridgehead atoms. The zero-order valence-corrected chi connectivity index (χ0v) is 17.9. The molecule has 0 spiro atoms. The lowest BCUT2D eigenvalue weighted by Gasteiger charge is -2.18. The van der Waals surface area contributed by atoms with Crippen molar-refractivity contribution in [3.63, 3.8) is 0 Å². The molecule has 1 N–H and O–H groups in total. The van der Waals surface area contributed by atoms with Crippen LogP contribution in [0, 0.1) is 18.7 Å². The highest BCUT2D eigenvalue weighted by Crippen LogP contribution is 2.22. The van der Waals surface area contributed by atoms with Crippen molar-refractivity contribution >= 4 is 15.9 Å². The molecule has 0 heterocycles. The summed E-state index contributed by atoms with van der Waals surface area (Å²) >= 11 is 0. The zero-order chi connectivity index (χ0) is 21.6. The van der Waals surface area contributed by atoms with Crippen molar-refractivity contribution in [1.82, 2.24) is 9.62 Å². The van der Waals surface area contributed by atoms with E-state index in [9.17, 15) is 17.6 Å². The third-order valence-electron chi connectivity index (χ3n) is 4.28. The van der Waals surface area contributed by atoms with Crippen LogP contribution in [0.15, 0.2) is 47.4 Å². The van der Waals surface area contributed by atoms with E-state index in [-0.39, 0.29) is 35.7 Å². The van der Waals surface area contributed by atoms with Gasteiger partial charge in [0.2, 0.25) is 10.0 Å². The van der Waals surface area contributed by atoms with Gasteiger partial charge in [0.15, 0.2) is 6.61 Å². The molecule has 0 aliphatic heterocycles. The highest BCUT2D eigenvalue weighted by molar-refractivity contribution is 7.89. The van der Waals surface area contributed by atoms with Crippen LogP contribution in [0.3, 0.4) is 0 Å². The largest absolute Gasteiger partial charge is 0.483 e. The van der Waals surface area contributed by atoms with E-state index in [0.717, 1.165) is 0 Å². The van der Waals surface area contributed by atoms with Gasteiger partial charge in [-0.3, -0.25) is 4.79 Å². The van der Waals surface area contributed by atoms with Crippen LogP contribution < -0.4 is 9.46 Å². The summed E-state index contributed by atoms with van der Waals surface area (Å²) in [4.78, 5) is 13.8. The van der Waals surface area contributed by atoms with Gasteiger partial charge in [-0.05, 0) is 42.7 Å². The minimum absolute atomic E-state index is 0.131. The van der Waals surface area contributed by atoms with Crippen LogP contribution in [0.2, 0.25) is 0 Å². The third kappa shape index (κ3) is 6.54. The molecular weight excluding hydrogens is 395 g/mol.